The van der Waals surface area contributed by atoms with Crippen LogP contribution in [0.5, 0.6) is 0 Å². The lowest BCUT2D eigenvalue weighted by Gasteiger charge is -2.11. The van der Waals surface area contributed by atoms with E-state index in [0.29, 0.717) is 12.1 Å². The van der Waals surface area contributed by atoms with Crippen LogP contribution < -0.4 is 16.5 Å². The Balaban J connectivity index is 1.73. The van der Waals surface area contributed by atoms with Gasteiger partial charge in [0.15, 0.2) is 0 Å². The molecule has 10 nitrogen and oxygen atoms in total. The van der Waals surface area contributed by atoms with Crippen LogP contribution in [0.1, 0.15) is 27.4 Å². The van der Waals surface area contributed by atoms with E-state index in [9.17, 15) is 14.8 Å². The van der Waals surface area contributed by atoms with Crippen LogP contribution in [0.3, 0.4) is 0 Å². The van der Waals surface area contributed by atoms with E-state index in [2.05, 4.69) is 20.3 Å². The second kappa shape index (κ2) is 9.37. The quantitative estimate of drug-likeness (QED) is 0.289. The van der Waals surface area contributed by atoms with Gasteiger partial charge in [0.1, 0.15) is 0 Å². The normalized spacial score (nSPS) is 11.0. The number of nitrogens with zero attached hydrogens (tertiary/aromatic N) is 4. The van der Waals surface area contributed by atoms with E-state index in [1.54, 1.807) is 25.3 Å². The van der Waals surface area contributed by atoms with Crippen molar-refractivity contribution >= 4 is 35.3 Å². The molecule has 0 unspecified atom stereocenters. The number of hydrogen-bond donors (Lipinski definition) is 4. The Bertz CT molecular complexity index is 1320. The highest BCUT2D eigenvalue weighted by Crippen LogP contribution is 2.26. The summed E-state index contributed by atoms with van der Waals surface area (Å²) in [5, 5.41) is 22.8. The minimum atomic E-state index is -1.57. The molecule has 0 saturated carbocycles. The van der Waals surface area contributed by atoms with E-state index in [0.717, 1.165) is 27.7 Å². The summed E-state index contributed by atoms with van der Waals surface area (Å²) in [7, 11) is 0.0751. The van der Waals surface area contributed by atoms with Crippen LogP contribution in [0.2, 0.25) is 0 Å². The third-order valence-corrected chi connectivity index (χ3v) is 5.16. The van der Waals surface area contributed by atoms with Crippen molar-refractivity contribution in [3.05, 3.63) is 71.2 Å². The number of nitrogens with two attached hydrogens (primary N) is 1. The molecule has 0 atom stereocenters. The summed E-state index contributed by atoms with van der Waals surface area (Å²) in [5.74, 6) is -0.529. The van der Waals surface area contributed by atoms with Gasteiger partial charge in [-0.3, -0.25) is 9.36 Å². The molecule has 2 aromatic heterocycles. The van der Waals surface area contributed by atoms with Crippen LogP contribution in [-0.4, -0.2) is 49.7 Å². The van der Waals surface area contributed by atoms with E-state index in [4.69, 9.17) is 10.5 Å². The van der Waals surface area contributed by atoms with Crippen molar-refractivity contribution in [1.82, 2.24) is 19.5 Å². The minimum absolute atomic E-state index is 0.165. The van der Waals surface area contributed by atoms with Gasteiger partial charge in [-0.05, 0) is 35.6 Å². The molecule has 2 aromatic carbocycles. The molecule has 0 aliphatic carbocycles. The number of aryl methyl sites for hydroxylation is 1. The van der Waals surface area contributed by atoms with Gasteiger partial charge in [0.2, 0.25) is 17.7 Å². The predicted octanol–water partition coefficient (Wildman–Crippen LogP) is 0.661. The molecule has 2 heterocycles. The van der Waals surface area contributed by atoms with Crippen molar-refractivity contribution in [3.63, 3.8) is 0 Å². The Morgan fingerprint density at radius 2 is 1.94 bits per heavy atom. The number of fused-ring (bicyclic) bond motifs is 1. The van der Waals surface area contributed by atoms with Crippen molar-refractivity contribution in [2.24, 2.45) is 5.73 Å². The van der Waals surface area contributed by atoms with Crippen LogP contribution in [0.4, 0.5) is 5.95 Å². The van der Waals surface area contributed by atoms with Gasteiger partial charge in [0.05, 0.1) is 12.1 Å². The van der Waals surface area contributed by atoms with Crippen LogP contribution >= 0.6 is 0 Å². The molecule has 0 aliphatic heterocycles. The summed E-state index contributed by atoms with van der Waals surface area (Å²) in [4.78, 5) is 24.8. The maximum absolute atomic E-state index is 11.9. The first-order valence-corrected chi connectivity index (χ1v) is 10.2. The molecule has 0 radical (unpaired) electrons. The maximum atomic E-state index is 11.9. The van der Waals surface area contributed by atoms with Crippen LogP contribution in [0, 0.1) is 6.92 Å². The average Bonchev–Trinajstić information content (AvgIpc) is 3.14. The number of methoxy groups -OCH3 is 1. The second-order valence-corrected chi connectivity index (χ2v) is 7.52. The molecule has 11 heteroatoms. The summed E-state index contributed by atoms with van der Waals surface area (Å²) in [5.41, 5.74) is 9.36. The highest BCUT2D eigenvalue weighted by molar-refractivity contribution is 6.58. The first-order chi connectivity index (χ1) is 15.9. The third-order valence-electron chi connectivity index (χ3n) is 5.16. The largest absolute Gasteiger partial charge is 0.488 e. The van der Waals surface area contributed by atoms with Crippen molar-refractivity contribution in [2.75, 3.05) is 12.4 Å². The number of carbonyl (C=O) groups is 1. The molecule has 0 bridgehead atoms. The highest BCUT2D eigenvalue weighted by atomic mass is 16.5. The molecule has 0 fully saturated rings. The zero-order valence-corrected chi connectivity index (χ0v) is 18.2. The highest BCUT2D eigenvalue weighted by Gasteiger charge is 2.17. The summed E-state index contributed by atoms with van der Waals surface area (Å²) in [6.07, 6.45) is 0. The lowest BCUT2D eigenvalue weighted by atomic mass is 9.80. The number of benzene rings is 2. The third kappa shape index (κ3) is 4.70. The van der Waals surface area contributed by atoms with Crippen molar-refractivity contribution in [3.8, 4) is 5.95 Å². The Hall–Kier alpha value is -3.80. The molecule has 33 heavy (non-hydrogen) atoms. The monoisotopic (exact) mass is 446 g/mol. The molecule has 4 aromatic rings. The fourth-order valence-electron chi connectivity index (χ4n) is 3.67. The van der Waals surface area contributed by atoms with Crippen molar-refractivity contribution in [2.45, 2.75) is 20.1 Å². The maximum Gasteiger partial charge on any atom is 0.488 e. The number of anilines is 1. The Morgan fingerprint density at radius 1 is 1.15 bits per heavy atom. The first-order valence-electron chi connectivity index (χ1n) is 10.2. The molecular weight excluding hydrogens is 423 g/mol. The lowest BCUT2D eigenvalue weighted by Crippen LogP contribution is -2.30. The minimum Gasteiger partial charge on any atom is -0.423 e. The fraction of sp³-hybridized carbons (Fsp3) is 0.182. The van der Waals surface area contributed by atoms with E-state index < -0.39 is 13.0 Å². The zero-order chi connectivity index (χ0) is 23.5. The van der Waals surface area contributed by atoms with E-state index in [-0.39, 0.29) is 24.3 Å². The van der Waals surface area contributed by atoms with E-state index >= 15 is 0 Å². The van der Waals surface area contributed by atoms with Gasteiger partial charge in [-0.25, -0.2) is 0 Å². The second-order valence-electron chi connectivity index (χ2n) is 7.52. The van der Waals surface area contributed by atoms with Crippen LogP contribution in [0.15, 0.2) is 48.5 Å². The average molecular weight is 446 g/mol. The molecule has 4 rings (SSSR count). The number of carbonyl (C=O) groups excluding carboxylic acids is 1. The number of nitrogens with one attached hydrogen (secondary N) is 1. The van der Waals surface area contributed by atoms with Crippen LogP contribution in [0.25, 0.3) is 16.9 Å². The summed E-state index contributed by atoms with van der Waals surface area (Å²) >= 11 is 0. The van der Waals surface area contributed by atoms with Crippen molar-refractivity contribution in [1.29, 1.82) is 0 Å². The van der Waals surface area contributed by atoms with Crippen LogP contribution in [-0.2, 0) is 17.9 Å². The van der Waals surface area contributed by atoms with Gasteiger partial charge in [0.25, 0.3) is 5.91 Å². The summed E-state index contributed by atoms with van der Waals surface area (Å²) < 4.78 is 7.13. The lowest BCUT2D eigenvalue weighted by molar-refractivity contribution is 0.0990. The predicted molar refractivity (Wildman–Crippen MR) is 124 cm³/mol. The van der Waals surface area contributed by atoms with E-state index in [1.807, 2.05) is 41.8 Å². The van der Waals surface area contributed by atoms with Gasteiger partial charge in [0, 0.05) is 24.7 Å². The molecule has 0 aliphatic rings. The number of hydrogen-bond acceptors (Lipinski definition) is 8. The number of ether oxygens (including phenoxy) is 1. The number of amides is 1. The summed E-state index contributed by atoms with van der Waals surface area (Å²) in [6, 6.07) is 14.6. The standard InChI is InChI=1S/C22H23BN6O4/c1-13-9-17-15(12-33-2)6-4-8-18(17)29(13)22-27-20(19(24)30)26-21(28-22)25-11-14-5-3-7-16(10-14)23(31)32/h3-10,31-32H,11-12H2,1-2H3,(H2,24,30)(H,25,26,27,28). The fourth-order valence-corrected chi connectivity index (χ4v) is 3.67. The Labute approximate surface area is 190 Å². The number of rotatable bonds is 8. The SMILES string of the molecule is COCc1cccc2c1cc(C)n2-c1nc(NCc2cccc(B(O)O)c2)nc(C(N)=O)n1. The van der Waals surface area contributed by atoms with Gasteiger partial charge in [-0.15, -0.1) is 0 Å². The van der Waals surface area contributed by atoms with Gasteiger partial charge in [-0.2, -0.15) is 15.0 Å². The molecule has 0 spiro atoms. The summed E-state index contributed by atoms with van der Waals surface area (Å²) in [6.45, 7) is 2.66. The van der Waals surface area contributed by atoms with E-state index in [1.165, 1.54) is 0 Å². The van der Waals surface area contributed by atoms with Crippen molar-refractivity contribution < 1.29 is 19.6 Å². The number of primary amides is 1. The van der Waals surface area contributed by atoms with Gasteiger partial charge < -0.3 is 25.8 Å². The first kappa shape index (κ1) is 22.4. The Kier molecular flexibility index (Phi) is 6.36. The molecule has 0 saturated heterocycles. The topological polar surface area (TPSA) is 148 Å². The molecular formula is C22H23BN6O4. The molecule has 168 valence electrons. The number of aromatic nitrogens is 4. The van der Waals surface area contributed by atoms with Gasteiger partial charge in [-0.1, -0.05) is 36.4 Å². The zero-order valence-electron chi connectivity index (χ0n) is 18.2. The molecule has 5 N–H and O–H groups in total. The Morgan fingerprint density at radius 3 is 2.67 bits per heavy atom. The molecule has 1 amide bonds. The smallest absolute Gasteiger partial charge is 0.423 e. The van der Waals surface area contributed by atoms with Gasteiger partial charge >= 0.3 is 7.12 Å².